The number of carbonyl (C=O) groups is 2. The number of nitrogens with one attached hydrogen (secondary N) is 2. The molecule has 2 N–H and O–H groups in total. The second kappa shape index (κ2) is 6.36. The minimum Gasteiger partial charge on any atom is -0.354 e. The summed E-state index contributed by atoms with van der Waals surface area (Å²) in [5.74, 6) is 0.131. The van der Waals surface area contributed by atoms with E-state index < -0.39 is 0 Å². The third kappa shape index (κ3) is 4.39. The molecule has 0 bridgehead atoms. The smallest absolute Gasteiger partial charge is 0.220 e. The van der Waals surface area contributed by atoms with Gasteiger partial charge < -0.3 is 10.6 Å². The molecule has 0 radical (unpaired) electrons. The van der Waals surface area contributed by atoms with Gasteiger partial charge in [-0.3, -0.25) is 9.59 Å². The van der Waals surface area contributed by atoms with Crippen LogP contribution in [0.3, 0.4) is 0 Å². The molecule has 19 heavy (non-hydrogen) atoms. The first-order valence-corrected chi connectivity index (χ1v) is 6.75. The Morgan fingerprint density at radius 2 is 2.11 bits per heavy atom. The van der Waals surface area contributed by atoms with Crippen molar-refractivity contribution in [1.82, 2.24) is 10.6 Å². The van der Waals surface area contributed by atoms with Crippen molar-refractivity contribution in [3.63, 3.8) is 0 Å². The molecule has 1 aliphatic heterocycles. The molecule has 1 heterocycles. The second-order valence-corrected chi connectivity index (χ2v) is 5.09. The number of hydrogen-bond donors (Lipinski definition) is 2. The highest BCUT2D eigenvalue weighted by atomic mass is 16.2. The lowest BCUT2D eigenvalue weighted by Crippen LogP contribution is -2.47. The highest BCUT2D eigenvalue weighted by molar-refractivity contribution is 5.79. The van der Waals surface area contributed by atoms with Crippen LogP contribution in [-0.4, -0.2) is 24.4 Å². The Bertz CT molecular complexity index is 444. The average Bonchev–Trinajstić information content (AvgIpc) is 2.41. The van der Waals surface area contributed by atoms with Gasteiger partial charge in [-0.15, -0.1) is 0 Å². The molecule has 0 spiro atoms. The highest BCUT2D eigenvalue weighted by Crippen LogP contribution is 2.07. The van der Waals surface area contributed by atoms with Crippen molar-refractivity contribution >= 4 is 11.8 Å². The van der Waals surface area contributed by atoms with Gasteiger partial charge in [0.25, 0.3) is 0 Å². The maximum atomic E-state index is 11.8. The number of rotatable bonds is 4. The van der Waals surface area contributed by atoms with E-state index in [-0.39, 0.29) is 17.9 Å². The molecule has 102 valence electrons. The summed E-state index contributed by atoms with van der Waals surface area (Å²) in [5, 5.41) is 5.73. The monoisotopic (exact) mass is 260 g/mol. The zero-order valence-corrected chi connectivity index (χ0v) is 11.2. The third-order valence-electron chi connectivity index (χ3n) is 3.39. The summed E-state index contributed by atoms with van der Waals surface area (Å²) in [6.45, 7) is 2.60. The van der Waals surface area contributed by atoms with Crippen molar-refractivity contribution in [2.45, 2.75) is 38.6 Å². The minimum atomic E-state index is 0.0572. The molecule has 2 amide bonds. The van der Waals surface area contributed by atoms with Crippen molar-refractivity contribution in [3.8, 4) is 0 Å². The number of amides is 2. The number of benzene rings is 1. The van der Waals surface area contributed by atoms with Gasteiger partial charge in [-0.1, -0.05) is 29.8 Å². The van der Waals surface area contributed by atoms with E-state index in [2.05, 4.69) is 34.9 Å². The molecular formula is C15H20N2O2. The van der Waals surface area contributed by atoms with Crippen molar-refractivity contribution in [2.24, 2.45) is 0 Å². The van der Waals surface area contributed by atoms with Gasteiger partial charge in [-0.05, 0) is 25.3 Å². The second-order valence-electron chi connectivity index (χ2n) is 5.09. The normalized spacial score (nSPS) is 18.8. The van der Waals surface area contributed by atoms with E-state index in [9.17, 15) is 9.59 Å². The fourth-order valence-corrected chi connectivity index (χ4v) is 2.17. The van der Waals surface area contributed by atoms with E-state index in [1.807, 2.05) is 6.92 Å². The van der Waals surface area contributed by atoms with Crippen LogP contribution in [0, 0.1) is 6.92 Å². The molecule has 2 rings (SSSR count). The number of piperidine rings is 1. The van der Waals surface area contributed by atoms with Gasteiger partial charge in [-0.25, -0.2) is 0 Å². The summed E-state index contributed by atoms with van der Waals surface area (Å²) < 4.78 is 0. The van der Waals surface area contributed by atoms with Crippen LogP contribution < -0.4 is 10.6 Å². The summed E-state index contributed by atoms with van der Waals surface area (Å²) in [4.78, 5) is 22.8. The van der Waals surface area contributed by atoms with Crippen LogP contribution in [0.1, 0.15) is 30.4 Å². The Morgan fingerprint density at radius 1 is 1.37 bits per heavy atom. The number of aryl methyl sites for hydroxylation is 2. The minimum absolute atomic E-state index is 0.0572. The lowest BCUT2D eigenvalue weighted by molar-refractivity contribution is -0.125. The molecule has 1 unspecified atom stereocenters. The summed E-state index contributed by atoms with van der Waals surface area (Å²) in [6.07, 6.45) is 2.49. The van der Waals surface area contributed by atoms with E-state index >= 15 is 0 Å². The van der Waals surface area contributed by atoms with E-state index in [1.54, 1.807) is 0 Å². The van der Waals surface area contributed by atoms with Crippen LogP contribution in [0.25, 0.3) is 0 Å². The van der Waals surface area contributed by atoms with Gasteiger partial charge in [0.1, 0.15) is 0 Å². The standard InChI is InChI=1S/C15H20N2O2/c1-11-2-4-12(5-3-11)6-8-15(19)17-13-7-9-14(18)16-10-13/h2-5,13H,6-10H2,1H3,(H,16,18)(H,17,19). The van der Waals surface area contributed by atoms with Crippen molar-refractivity contribution in [2.75, 3.05) is 6.54 Å². The van der Waals surface area contributed by atoms with Gasteiger partial charge in [0, 0.05) is 25.4 Å². The van der Waals surface area contributed by atoms with Gasteiger partial charge in [0.15, 0.2) is 0 Å². The summed E-state index contributed by atoms with van der Waals surface area (Å²) in [5.41, 5.74) is 2.41. The van der Waals surface area contributed by atoms with E-state index in [0.29, 0.717) is 19.4 Å². The quantitative estimate of drug-likeness (QED) is 0.858. The van der Waals surface area contributed by atoms with Crippen molar-refractivity contribution in [3.05, 3.63) is 35.4 Å². The molecule has 1 fully saturated rings. The van der Waals surface area contributed by atoms with Crippen LogP contribution in [0.5, 0.6) is 0 Å². The fourth-order valence-electron chi connectivity index (χ4n) is 2.17. The summed E-state index contributed by atoms with van der Waals surface area (Å²) in [6, 6.07) is 8.32. The van der Waals surface area contributed by atoms with E-state index in [0.717, 1.165) is 12.8 Å². The molecule has 1 atom stereocenters. The Hall–Kier alpha value is -1.84. The van der Waals surface area contributed by atoms with Crippen LogP contribution in [-0.2, 0) is 16.0 Å². The van der Waals surface area contributed by atoms with Gasteiger partial charge in [0.05, 0.1) is 0 Å². The zero-order chi connectivity index (χ0) is 13.7. The summed E-state index contributed by atoms with van der Waals surface area (Å²) in [7, 11) is 0. The molecule has 0 aliphatic carbocycles. The Kier molecular flexibility index (Phi) is 4.55. The third-order valence-corrected chi connectivity index (χ3v) is 3.39. The van der Waals surface area contributed by atoms with E-state index in [1.165, 1.54) is 11.1 Å². The van der Waals surface area contributed by atoms with Crippen molar-refractivity contribution < 1.29 is 9.59 Å². The molecule has 4 heteroatoms. The number of carbonyl (C=O) groups excluding carboxylic acids is 2. The van der Waals surface area contributed by atoms with Gasteiger partial charge in [0.2, 0.25) is 11.8 Å². The predicted molar refractivity (Wildman–Crippen MR) is 73.7 cm³/mol. The largest absolute Gasteiger partial charge is 0.354 e. The molecule has 1 aromatic carbocycles. The Morgan fingerprint density at radius 3 is 2.74 bits per heavy atom. The first-order valence-electron chi connectivity index (χ1n) is 6.75. The van der Waals surface area contributed by atoms with Gasteiger partial charge in [-0.2, -0.15) is 0 Å². The molecule has 1 saturated heterocycles. The maximum Gasteiger partial charge on any atom is 0.220 e. The van der Waals surface area contributed by atoms with Crippen LogP contribution in [0.4, 0.5) is 0 Å². The van der Waals surface area contributed by atoms with Crippen molar-refractivity contribution in [1.29, 1.82) is 0 Å². The SMILES string of the molecule is Cc1ccc(CCC(=O)NC2CCC(=O)NC2)cc1. The molecule has 1 aliphatic rings. The number of hydrogen-bond acceptors (Lipinski definition) is 2. The Labute approximate surface area is 113 Å². The summed E-state index contributed by atoms with van der Waals surface area (Å²) >= 11 is 0. The molecule has 0 saturated carbocycles. The topological polar surface area (TPSA) is 58.2 Å². The lowest BCUT2D eigenvalue weighted by atomic mass is 10.1. The molecule has 0 aromatic heterocycles. The average molecular weight is 260 g/mol. The zero-order valence-electron chi connectivity index (χ0n) is 11.2. The predicted octanol–water partition coefficient (Wildman–Crippen LogP) is 1.32. The van der Waals surface area contributed by atoms with E-state index in [4.69, 9.17) is 0 Å². The van der Waals surface area contributed by atoms with Gasteiger partial charge >= 0.3 is 0 Å². The lowest BCUT2D eigenvalue weighted by Gasteiger charge is -2.23. The first-order chi connectivity index (χ1) is 9.13. The fraction of sp³-hybridized carbons (Fsp3) is 0.467. The molecular weight excluding hydrogens is 240 g/mol. The maximum absolute atomic E-state index is 11.8. The molecule has 4 nitrogen and oxygen atoms in total. The van der Waals surface area contributed by atoms with Crippen LogP contribution in [0.2, 0.25) is 0 Å². The van der Waals surface area contributed by atoms with Crippen LogP contribution in [0.15, 0.2) is 24.3 Å². The highest BCUT2D eigenvalue weighted by Gasteiger charge is 2.19. The molecule has 1 aromatic rings. The Balaban J connectivity index is 1.72. The first kappa shape index (κ1) is 13.6. The van der Waals surface area contributed by atoms with Crippen LogP contribution >= 0.6 is 0 Å².